The fourth-order valence-electron chi connectivity index (χ4n) is 0.928. The number of benzene rings is 1. The summed E-state index contributed by atoms with van der Waals surface area (Å²) in [6, 6.07) is 2.80. The zero-order valence-electron chi connectivity index (χ0n) is 7.19. The molecule has 2 nitrogen and oxygen atoms in total. The van der Waals surface area contributed by atoms with Crippen LogP contribution in [-0.4, -0.2) is 16.9 Å². The van der Waals surface area contributed by atoms with E-state index < -0.39 is 17.5 Å². The van der Waals surface area contributed by atoms with E-state index in [4.69, 9.17) is 0 Å². The summed E-state index contributed by atoms with van der Waals surface area (Å²) < 4.78 is 26.4. The minimum atomic E-state index is -0.711. The van der Waals surface area contributed by atoms with Gasteiger partial charge in [0.05, 0.1) is 5.56 Å². The molecule has 1 aromatic rings. The normalized spacial score (nSPS) is 9.93. The highest BCUT2D eigenvalue weighted by Crippen LogP contribution is 2.09. The molecule has 76 valence electrons. The second kappa shape index (κ2) is 5.23. The predicted molar refractivity (Wildman–Crippen MR) is 57.6 cm³/mol. The van der Waals surface area contributed by atoms with Gasteiger partial charge in [0.2, 0.25) is 0 Å². The lowest BCUT2D eigenvalue weighted by atomic mass is 10.2. The lowest BCUT2D eigenvalue weighted by Crippen LogP contribution is -2.26. The number of carbonyl (C=O) groups is 1. The third-order valence-electron chi connectivity index (χ3n) is 1.55. The number of rotatable bonds is 3. The smallest absolute Gasteiger partial charge is 0.254 e. The highest BCUT2D eigenvalue weighted by atomic mass is 127. The zero-order chi connectivity index (χ0) is 10.6. The third kappa shape index (κ3) is 2.90. The molecule has 5 heteroatoms. The Bertz CT molecular complexity index is 344. The number of nitrogens with one attached hydrogen (secondary N) is 1. The van der Waals surface area contributed by atoms with Crippen LogP contribution in [0.5, 0.6) is 0 Å². The van der Waals surface area contributed by atoms with E-state index in [0.29, 0.717) is 6.54 Å². The van der Waals surface area contributed by atoms with Crippen LogP contribution in [-0.2, 0) is 0 Å². The van der Waals surface area contributed by atoms with Crippen molar-refractivity contribution in [3.05, 3.63) is 35.4 Å². The second-order valence-corrected chi connectivity index (χ2v) is 3.65. The Morgan fingerprint density at radius 2 is 2.14 bits per heavy atom. The van der Waals surface area contributed by atoms with Crippen molar-refractivity contribution in [3.8, 4) is 0 Å². The van der Waals surface area contributed by atoms with E-state index in [1.165, 1.54) is 0 Å². The molecule has 0 spiro atoms. The SMILES string of the molecule is O=C(NCCI)c1cc(F)ccc1F. The van der Waals surface area contributed by atoms with Crippen molar-refractivity contribution in [3.63, 3.8) is 0 Å². The summed E-state index contributed by atoms with van der Waals surface area (Å²) in [6.07, 6.45) is 0. The van der Waals surface area contributed by atoms with Gasteiger partial charge in [0, 0.05) is 11.0 Å². The Labute approximate surface area is 93.8 Å². The highest BCUT2D eigenvalue weighted by molar-refractivity contribution is 14.1. The number of halogens is 3. The largest absolute Gasteiger partial charge is 0.351 e. The fourth-order valence-corrected chi connectivity index (χ4v) is 1.20. The van der Waals surface area contributed by atoms with Crippen molar-refractivity contribution in [2.75, 3.05) is 11.0 Å². The molecule has 1 rings (SSSR count). The number of amides is 1. The first-order valence-electron chi connectivity index (χ1n) is 3.94. The van der Waals surface area contributed by atoms with Gasteiger partial charge in [-0.05, 0) is 18.2 Å². The molecule has 0 saturated heterocycles. The predicted octanol–water partition coefficient (Wildman–Crippen LogP) is 2.13. The van der Waals surface area contributed by atoms with Crippen molar-refractivity contribution in [1.29, 1.82) is 0 Å². The molecule has 0 saturated carbocycles. The van der Waals surface area contributed by atoms with Crippen LogP contribution >= 0.6 is 22.6 Å². The number of carbonyl (C=O) groups excluding carboxylic acids is 1. The Kier molecular flexibility index (Phi) is 4.24. The molecule has 0 aliphatic heterocycles. The van der Waals surface area contributed by atoms with Crippen LogP contribution in [0.25, 0.3) is 0 Å². The Morgan fingerprint density at radius 1 is 1.43 bits per heavy atom. The van der Waals surface area contributed by atoms with E-state index in [1.54, 1.807) is 0 Å². The maximum atomic E-state index is 13.0. The summed E-state index contributed by atoms with van der Waals surface area (Å²) in [5.41, 5.74) is -0.255. The Hall–Kier alpha value is -0.720. The lowest BCUT2D eigenvalue weighted by Gasteiger charge is -2.03. The Balaban J connectivity index is 2.83. The van der Waals surface area contributed by atoms with Crippen molar-refractivity contribution in [1.82, 2.24) is 5.32 Å². The van der Waals surface area contributed by atoms with Crippen LogP contribution in [0.3, 0.4) is 0 Å². The molecule has 0 aliphatic carbocycles. The van der Waals surface area contributed by atoms with Crippen molar-refractivity contribution < 1.29 is 13.6 Å². The molecule has 0 radical (unpaired) electrons. The molecule has 1 N–H and O–H groups in total. The van der Waals surface area contributed by atoms with E-state index in [9.17, 15) is 13.6 Å². The molecular formula is C9H8F2INO. The van der Waals surface area contributed by atoms with Gasteiger partial charge in [-0.2, -0.15) is 0 Å². The number of hydrogen-bond acceptors (Lipinski definition) is 1. The lowest BCUT2D eigenvalue weighted by molar-refractivity contribution is 0.0952. The fraction of sp³-hybridized carbons (Fsp3) is 0.222. The molecule has 0 atom stereocenters. The standard InChI is InChI=1S/C9H8F2INO/c10-6-1-2-8(11)7(5-6)9(14)13-4-3-12/h1-2,5H,3-4H2,(H,13,14). The van der Waals surface area contributed by atoms with Crippen molar-refractivity contribution >= 4 is 28.5 Å². The summed E-state index contributed by atoms with van der Waals surface area (Å²) in [7, 11) is 0. The zero-order valence-corrected chi connectivity index (χ0v) is 9.35. The van der Waals surface area contributed by atoms with Gasteiger partial charge in [0.15, 0.2) is 0 Å². The van der Waals surface area contributed by atoms with Crippen LogP contribution in [0.15, 0.2) is 18.2 Å². The minimum absolute atomic E-state index is 0.255. The molecule has 14 heavy (non-hydrogen) atoms. The van der Waals surface area contributed by atoms with Crippen LogP contribution < -0.4 is 5.32 Å². The summed E-state index contributed by atoms with van der Waals surface area (Å²) in [5.74, 6) is -1.91. The average Bonchev–Trinajstić information content (AvgIpc) is 2.18. The maximum absolute atomic E-state index is 13.0. The van der Waals surface area contributed by atoms with Crippen LogP contribution in [0.2, 0.25) is 0 Å². The Morgan fingerprint density at radius 3 is 2.79 bits per heavy atom. The van der Waals surface area contributed by atoms with Gasteiger partial charge in [-0.15, -0.1) is 0 Å². The van der Waals surface area contributed by atoms with E-state index in [2.05, 4.69) is 27.9 Å². The second-order valence-electron chi connectivity index (χ2n) is 2.57. The van der Waals surface area contributed by atoms with Gasteiger partial charge in [-0.25, -0.2) is 8.78 Å². The monoisotopic (exact) mass is 311 g/mol. The summed E-state index contributed by atoms with van der Waals surface area (Å²) >= 11 is 2.07. The minimum Gasteiger partial charge on any atom is -0.351 e. The van der Waals surface area contributed by atoms with Gasteiger partial charge in [0.25, 0.3) is 5.91 Å². The van der Waals surface area contributed by atoms with Crippen LogP contribution in [0, 0.1) is 11.6 Å². The first kappa shape index (κ1) is 11.4. The van der Waals surface area contributed by atoms with Gasteiger partial charge in [-0.1, -0.05) is 22.6 Å². The number of alkyl halides is 1. The third-order valence-corrected chi connectivity index (χ3v) is 2.09. The summed E-state index contributed by atoms with van der Waals surface area (Å²) in [4.78, 5) is 11.3. The molecule has 1 amide bonds. The maximum Gasteiger partial charge on any atom is 0.254 e. The van der Waals surface area contributed by atoms with Gasteiger partial charge in [-0.3, -0.25) is 4.79 Å². The highest BCUT2D eigenvalue weighted by Gasteiger charge is 2.11. The van der Waals surface area contributed by atoms with Gasteiger partial charge >= 0.3 is 0 Å². The van der Waals surface area contributed by atoms with Crippen LogP contribution in [0.1, 0.15) is 10.4 Å². The molecule has 0 aliphatic rings. The summed E-state index contributed by atoms with van der Waals surface area (Å²) in [6.45, 7) is 0.440. The van der Waals surface area contributed by atoms with Crippen molar-refractivity contribution in [2.24, 2.45) is 0 Å². The van der Waals surface area contributed by atoms with E-state index in [0.717, 1.165) is 22.6 Å². The quantitative estimate of drug-likeness (QED) is 0.672. The first-order valence-corrected chi connectivity index (χ1v) is 5.47. The number of hydrogen-bond donors (Lipinski definition) is 1. The van der Waals surface area contributed by atoms with E-state index >= 15 is 0 Å². The molecule has 0 unspecified atom stereocenters. The average molecular weight is 311 g/mol. The topological polar surface area (TPSA) is 29.1 Å². The molecule has 1 aromatic carbocycles. The molecule has 0 heterocycles. The molecule has 0 aromatic heterocycles. The van der Waals surface area contributed by atoms with Gasteiger partial charge in [0.1, 0.15) is 11.6 Å². The molecular weight excluding hydrogens is 303 g/mol. The van der Waals surface area contributed by atoms with Crippen LogP contribution in [0.4, 0.5) is 8.78 Å². The van der Waals surface area contributed by atoms with Gasteiger partial charge < -0.3 is 5.32 Å². The van der Waals surface area contributed by atoms with E-state index in [1.807, 2.05) is 0 Å². The van der Waals surface area contributed by atoms with Crippen molar-refractivity contribution in [2.45, 2.75) is 0 Å². The first-order chi connectivity index (χ1) is 6.65. The molecule has 0 fully saturated rings. The van der Waals surface area contributed by atoms with E-state index in [-0.39, 0.29) is 5.56 Å². The summed E-state index contributed by atoms with van der Waals surface area (Å²) in [5, 5.41) is 2.46. The molecule has 0 bridgehead atoms.